The van der Waals surface area contributed by atoms with Crippen LogP contribution in [0.15, 0.2) is 30.7 Å². The van der Waals surface area contributed by atoms with Gasteiger partial charge in [0.1, 0.15) is 12.1 Å². The van der Waals surface area contributed by atoms with E-state index in [0.717, 1.165) is 41.8 Å². The van der Waals surface area contributed by atoms with Crippen LogP contribution in [0.5, 0.6) is 0 Å². The summed E-state index contributed by atoms with van der Waals surface area (Å²) in [6.45, 7) is 0. The van der Waals surface area contributed by atoms with Gasteiger partial charge in [-0.2, -0.15) is 5.10 Å². The SMILES string of the molecule is Cn1ncc2c(NC3CCCc4cc(N)ccc43)ncnc21. The average Bonchev–Trinajstić information content (AvgIpc) is 2.90. The highest BCUT2D eigenvalue weighted by atomic mass is 15.3. The van der Waals surface area contributed by atoms with Gasteiger partial charge in [-0.15, -0.1) is 0 Å². The first-order valence-corrected chi connectivity index (χ1v) is 7.50. The van der Waals surface area contributed by atoms with Crippen molar-refractivity contribution in [3.8, 4) is 0 Å². The topological polar surface area (TPSA) is 81.7 Å². The predicted molar refractivity (Wildman–Crippen MR) is 86.5 cm³/mol. The fraction of sp³-hybridized carbons (Fsp3) is 0.312. The Morgan fingerprint density at radius 1 is 1.32 bits per heavy atom. The molecule has 3 aromatic rings. The third-order valence-corrected chi connectivity index (χ3v) is 4.32. The lowest BCUT2D eigenvalue weighted by molar-refractivity contribution is 0.599. The number of aromatic nitrogens is 4. The molecule has 2 heterocycles. The lowest BCUT2D eigenvalue weighted by Gasteiger charge is -2.27. The molecular formula is C16H18N6. The smallest absolute Gasteiger partial charge is 0.163 e. The van der Waals surface area contributed by atoms with E-state index in [1.807, 2.05) is 19.3 Å². The van der Waals surface area contributed by atoms with Crippen molar-refractivity contribution in [2.24, 2.45) is 7.05 Å². The monoisotopic (exact) mass is 294 g/mol. The van der Waals surface area contributed by atoms with Crippen LogP contribution in [0.25, 0.3) is 11.0 Å². The van der Waals surface area contributed by atoms with Gasteiger partial charge in [0.2, 0.25) is 0 Å². The van der Waals surface area contributed by atoms with Gasteiger partial charge >= 0.3 is 0 Å². The summed E-state index contributed by atoms with van der Waals surface area (Å²) in [5.74, 6) is 0.841. The van der Waals surface area contributed by atoms with Crippen LogP contribution < -0.4 is 11.1 Å². The summed E-state index contributed by atoms with van der Waals surface area (Å²) >= 11 is 0. The molecule has 0 fully saturated rings. The molecule has 22 heavy (non-hydrogen) atoms. The summed E-state index contributed by atoms with van der Waals surface area (Å²) in [4.78, 5) is 8.69. The predicted octanol–water partition coefficient (Wildman–Crippen LogP) is 2.44. The van der Waals surface area contributed by atoms with E-state index in [2.05, 4.69) is 32.5 Å². The number of nitrogens with one attached hydrogen (secondary N) is 1. The van der Waals surface area contributed by atoms with E-state index in [1.165, 1.54) is 11.1 Å². The number of aryl methyl sites for hydroxylation is 2. The first-order valence-electron chi connectivity index (χ1n) is 7.50. The molecule has 1 unspecified atom stereocenters. The molecular weight excluding hydrogens is 276 g/mol. The number of fused-ring (bicyclic) bond motifs is 2. The minimum absolute atomic E-state index is 0.252. The molecule has 0 spiro atoms. The number of hydrogen-bond donors (Lipinski definition) is 2. The maximum Gasteiger partial charge on any atom is 0.163 e. The Morgan fingerprint density at radius 3 is 3.14 bits per heavy atom. The second-order valence-corrected chi connectivity index (χ2v) is 5.78. The van der Waals surface area contributed by atoms with E-state index < -0.39 is 0 Å². The number of nitrogen functional groups attached to an aromatic ring is 1. The Bertz CT molecular complexity index is 838. The van der Waals surface area contributed by atoms with Crippen LogP contribution in [-0.2, 0) is 13.5 Å². The summed E-state index contributed by atoms with van der Waals surface area (Å²) in [6.07, 6.45) is 6.71. The summed E-state index contributed by atoms with van der Waals surface area (Å²) in [5, 5.41) is 8.78. The Kier molecular flexibility index (Phi) is 2.96. The van der Waals surface area contributed by atoms with Gasteiger partial charge in [0.05, 0.1) is 17.6 Å². The Balaban J connectivity index is 1.72. The lowest BCUT2D eigenvalue weighted by Crippen LogP contribution is -2.18. The zero-order chi connectivity index (χ0) is 15.1. The molecule has 4 rings (SSSR count). The second-order valence-electron chi connectivity index (χ2n) is 5.78. The van der Waals surface area contributed by atoms with Crippen LogP contribution in [0.2, 0.25) is 0 Å². The standard InChI is InChI=1S/C16H18N6/c1-22-16-13(8-20-22)15(18-9-19-16)21-14-4-2-3-10-7-11(17)5-6-12(10)14/h5-9,14H,2-4,17H2,1H3,(H,18,19,21). The maximum absolute atomic E-state index is 5.90. The number of rotatable bonds is 2. The molecule has 1 aromatic carbocycles. The molecule has 1 aliphatic rings. The van der Waals surface area contributed by atoms with Crippen molar-refractivity contribution in [1.82, 2.24) is 19.7 Å². The average molecular weight is 294 g/mol. The van der Waals surface area contributed by atoms with Gasteiger partial charge in [-0.1, -0.05) is 6.07 Å². The summed E-state index contributed by atoms with van der Waals surface area (Å²) < 4.78 is 1.76. The van der Waals surface area contributed by atoms with E-state index in [1.54, 1.807) is 11.0 Å². The quantitative estimate of drug-likeness (QED) is 0.709. The zero-order valence-corrected chi connectivity index (χ0v) is 12.5. The van der Waals surface area contributed by atoms with Gasteiger partial charge in [0.25, 0.3) is 0 Å². The number of anilines is 2. The molecule has 0 saturated carbocycles. The van der Waals surface area contributed by atoms with E-state index in [9.17, 15) is 0 Å². The van der Waals surface area contributed by atoms with E-state index in [-0.39, 0.29) is 6.04 Å². The number of nitrogens with two attached hydrogens (primary N) is 1. The molecule has 6 heteroatoms. The Labute approximate surface area is 128 Å². The highest BCUT2D eigenvalue weighted by Gasteiger charge is 2.21. The van der Waals surface area contributed by atoms with Gasteiger partial charge in [0.15, 0.2) is 5.65 Å². The fourth-order valence-corrected chi connectivity index (χ4v) is 3.23. The molecule has 0 radical (unpaired) electrons. The molecule has 0 aliphatic heterocycles. The van der Waals surface area contributed by atoms with Crippen molar-refractivity contribution < 1.29 is 0 Å². The van der Waals surface area contributed by atoms with Crippen molar-refractivity contribution in [1.29, 1.82) is 0 Å². The largest absolute Gasteiger partial charge is 0.399 e. The van der Waals surface area contributed by atoms with Gasteiger partial charge in [-0.3, -0.25) is 4.68 Å². The maximum atomic E-state index is 5.90. The number of nitrogens with zero attached hydrogens (tertiary/aromatic N) is 4. The van der Waals surface area contributed by atoms with Crippen LogP contribution in [0.3, 0.4) is 0 Å². The highest BCUT2D eigenvalue weighted by Crippen LogP contribution is 2.34. The molecule has 0 saturated heterocycles. The van der Waals surface area contributed by atoms with Crippen LogP contribution >= 0.6 is 0 Å². The van der Waals surface area contributed by atoms with Crippen molar-refractivity contribution in [3.05, 3.63) is 41.9 Å². The molecule has 6 nitrogen and oxygen atoms in total. The first-order chi connectivity index (χ1) is 10.7. The van der Waals surface area contributed by atoms with Gasteiger partial charge < -0.3 is 11.1 Å². The van der Waals surface area contributed by atoms with Gasteiger partial charge in [-0.25, -0.2) is 9.97 Å². The summed E-state index contributed by atoms with van der Waals surface area (Å²) in [5.41, 5.74) is 10.2. The van der Waals surface area contributed by atoms with Gasteiger partial charge in [0, 0.05) is 12.7 Å². The van der Waals surface area contributed by atoms with Gasteiger partial charge in [-0.05, 0) is 42.5 Å². The van der Waals surface area contributed by atoms with Crippen LogP contribution in [-0.4, -0.2) is 19.7 Å². The normalized spacial score (nSPS) is 17.4. The van der Waals surface area contributed by atoms with Crippen LogP contribution in [0.1, 0.15) is 30.0 Å². The minimum Gasteiger partial charge on any atom is -0.399 e. The third kappa shape index (κ3) is 2.07. The van der Waals surface area contributed by atoms with E-state index >= 15 is 0 Å². The summed E-state index contributed by atoms with van der Waals surface area (Å²) in [7, 11) is 1.89. The molecule has 0 amide bonds. The van der Waals surface area contributed by atoms with E-state index in [0.29, 0.717) is 0 Å². The van der Waals surface area contributed by atoms with Crippen molar-refractivity contribution in [2.45, 2.75) is 25.3 Å². The van der Waals surface area contributed by atoms with Crippen molar-refractivity contribution in [2.75, 3.05) is 11.1 Å². The molecule has 3 N–H and O–H groups in total. The Hall–Kier alpha value is -2.63. The highest BCUT2D eigenvalue weighted by molar-refractivity contribution is 5.86. The molecule has 1 atom stereocenters. The minimum atomic E-state index is 0.252. The number of hydrogen-bond acceptors (Lipinski definition) is 5. The van der Waals surface area contributed by atoms with Crippen molar-refractivity contribution in [3.63, 3.8) is 0 Å². The van der Waals surface area contributed by atoms with Crippen LogP contribution in [0.4, 0.5) is 11.5 Å². The second kappa shape index (κ2) is 4.98. The molecule has 0 bridgehead atoms. The summed E-state index contributed by atoms with van der Waals surface area (Å²) in [6, 6.07) is 6.44. The lowest BCUT2D eigenvalue weighted by atomic mass is 9.87. The molecule has 1 aliphatic carbocycles. The molecule has 2 aromatic heterocycles. The van der Waals surface area contributed by atoms with Crippen molar-refractivity contribution >= 4 is 22.5 Å². The zero-order valence-electron chi connectivity index (χ0n) is 12.5. The fourth-order valence-electron chi connectivity index (χ4n) is 3.23. The first kappa shape index (κ1) is 13.1. The van der Waals surface area contributed by atoms with Crippen LogP contribution in [0, 0.1) is 0 Å². The third-order valence-electron chi connectivity index (χ3n) is 4.32. The Morgan fingerprint density at radius 2 is 2.23 bits per heavy atom. The van der Waals surface area contributed by atoms with E-state index in [4.69, 9.17) is 5.73 Å². The molecule has 112 valence electrons. The number of benzene rings is 1.